The first-order chi connectivity index (χ1) is 18.1. The van der Waals surface area contributed by atoms with E-state index in [1.807, 2.05) is 33.7 Å². The van der Waals surface area contributed by atoms with E-state index in [1.54, 1.807) is 0 Å². The van der Waals surface area contributed by atoms with Gasteiger partial charge in [-0.15, -0.1) is 0 Å². The van der Waals surface area contributed by atoms with E-state index in [2.05, 4.69) is 57.3 Å². The van der Waals surface area contributed by atoms with E-state index in [0.29, 0.717) is 26.1 Å². The molecule has 0 bridgehead atoms. The number of carbonyl (C=O) groups excluding carboxylic acids is 1. The first-order valence-electron chi connectivity index (χ1n) is 13.2. The van der Waals surface area contributed by atoms with Crippen LogP contribution in [0.3, 0.4) is 0 Å². The van der Waals surface area contributed by atoms with Gasteiger partial charge in [0.15, 0.2) is 0 Å². The summed E-state index contributed by atoms with van der Waals surface area (Å²) in [5.74, 6) is 0.0837. The highest BCUT2D eigenvalue weighted by Gasteiger charge is 2.26. The van der Waals surface area contributed by atoms with Gasteiger partial charge in [-0.1, -0.05) is 41.9 Å². The number of aliphatic hydroxyl groups excluding tert-OH is 1. The number of carbonyl (C=O) groups is 1. The molecule has 0 spiro atoms. The predicted molar refractivity (Wildman–Crippen MR) is 150 cm³/mol. The van der Waals surface area contributed by atoms with Gasteiger partial charge >= 0.3 is 0 Å². The van der Waals surface area contributed by atoms with E-state index in [-0.39, 0.29) is 12.5 Å². The van der Waals surface area contributed by atoms with Crippen LogP contribution in [0.2, 0.25) is 5.02 Å². The fourth-order valence-corrected chi connectivity index (χ4v) is 5.60. The summed E-state index contributed by atoms with van der Waals surface area (Å²) in [5, 5.41) is 10.2. The number of halogens is 1. The Morgan fingerprint density at radius 1 is 0.838 bits per heavy atom. The van der Waals surface area contributed by atoms with Crippen molar-refractivity contribution in [1.29, 1.82) is 0 Å². The summed E-state index contributed by atoms with van der Waals surface area (Å²) < 4.78 is 2.04. The number of benzene rings is 2. The van der Waals surface area contributed by atoms with Crippen LogP contribution in [0.4, 0.5) is 11.4 Å². The van der Waals surface area contributed by atoms with Crippen LogP contribution in [-0.4, -0.2) is 84.3 Å². The summed E-state index contributed by atoms with van der Waals surface area (Å²) in [5.41, 5.74) is 4.18. The zero-order valence-electron chi connectivity index (χ0n) is 21.3. The Morgan fingerprint density at radius 3 is 2.22 bits per heavy atom. The molecule has 37 heavy (non-hydrogen) atoms. The van der Waals surface area contributed by atoms with Gasteiger partial charge in [-0.05, 0) is 42.3 Å². The molecule has 2 aromatic carbocycles. The van der Waals surface area contributed by atoms with Crippen molar-refractivity contribution in [3.05, 3.63) is 83.1 Å². The van der Waals surface area contributed by atoms with Gasteiger partial charge in [-0.25, -0.2) is 0 Å². The number of hydrogen-bond donors (Lipinski definition) is 1. The number of anilines is 2. The van der Waals surface area contributed by atoms with Crippen LogP contribution in [0.15, 0.2) is 66.9 Å². The second-order valence-electron chi connectivity index (χ2n) is 9.83. The second-order valence-corrected chi connectivity index (χ2v) is 10.2. The third-order valence-corrected chi connectivity index (χ3v) is 7.71. The minimum atomic E-state index is 0.0837. The third-order valence-electron chi connectivity index (χ3n) is 7.39. The maximum atomic E-state index is 13.6. The second kappa shape index (κ2) is 12.0. The minimum absolute atomic E-state index is 0.0837. The number of rotatable bonds is 8. The number of hydrogen-bond acceptors (Lipinski definition) is 5. The lowest BCUT2D eigenvalue weighted by molar-refractivity contribution is 0.0735. The highest BCUT2D eigenvalue weighted by Crippen LogP contribution is 2.26. The summed E-state index contributed by atoms with van der Waals surface area (Å²) >= 11 is 6.40. The Kier molecular flexibility index (Phi) is 8.34. The van der Waals surface area contributed by atoms with Crippen molar-refractivity contribution in [3.8, 4) is 0 Å². The van der Waals surface area contributed by atoms with Crippen molar-refractivity contribution in [3.63, 3.8) is 0 Å². The van der Waals surface area contributed by atoms with Crippen molar-refractivity contribution in [2.75, 3.05) is 68.8 Å². The van der Waals surface area contributed by atoms with Gasteiger partial charge < -0.3 is 24.4 Å². The SMILES string of the molecule is O=C(c1cc(CN2CCN(c3ccccc3Cl)CC2)cn1CCCO)N1CCN(c2ccccc2)CC1. The fraction of sp³-hybridized carbons (Fsp3) is 0.414. The van der Waals surface area contributed by atoms with E-state index in [1.165, 1.54) is 5.69 Å². The quantitative estimate of drug-likeness (QED) is 0.488. The van der Waals surface area contributed by atoms with Gasteiger partial charge in [0.2, 0.25) is 0 Å². The molecule has 1 amide bonds. The van der Waals surface area contributed by atoms with Crippen LogP contribution in [0.5, 0.6) is 0 Å². The molecule has 7 nitrogen and oxygen atoms in total. The van der Waals surface area contributed by atoms with Gasteiger partial charge in [-0.3, -0.25) is 9.69 Å². The first kappa shape index (κ1) is 25.6. The molecule has 0 aliphatic carbocycles. The first-order valence-corrected chi connectivity index (χ1v) is 13.6. The summed E-state index contributed by atoms with van der Waals surface area (Å²) in [6.45, 7) is 8.36. The number of aliphatic hydroxyl groups is 1. The van der Waals surface area contributed by atoms with Crippen molar-refractivity contribution < 1.29 is 9.90 Å². The fourth-order valence-electron chi connectivity index (χ4n) is 5.34. The van der Waals surface area contributed by atoms with Gasteiger partial charge in [-0.2, -0.15) is 0 Å². The van der Waals surface area contributed by atoms with E-state index >= 15 is 0 Å². The van der Waals surface area contributed by atoms with Crippen LogP contribution >= 0.6 is 11.6 Å². The molecule has 0 saturated carbocycles. The number of amides is 1. The lowest BCUT2D eigenvalue weighted by Crippen LogP contribution is -2.49. The van der Waals surface area contributed by atoms with Crippen molar-refractivity contribution in [2.45, 2.75) is 19.5 Å². The normalized spacial score (nSPS) is 16.9. The molecule has 2 fully saturated rings. The van der Waals surface area contributed by atoms with E-state index in [4.69, 9.17) is 11.6 Å². The Hall–Kier alpha value is -3.00. The molecule has 2 aliphatic heterocycles. The van der Waals surface area contributed by atoms with E-state index in [0.717, 1.165) is 67.8 Å². The highest BCUT2D eigenvalue weighted by atomic mass is 35.5. The number of nitrogens with zero attached hydrogens (tertiary/aromatic N) is 5. The molecular formula is C29H36ClN5O2. The summed E-state index contributed by atoms with van der Waals surface area (Å²) in [6.07, 6.45) is 2.73. The Bertz CT molecular complexity index is 1170. The Morgan fingerprint density at radius 2 is 1.51 bits per heavy atom. The molecule has 1 aromatic heterocycles. The molecule has 2 saturated heterocycles. The number of aromatic nitrogens is 1. The smallest absolute Gasteiger partial charge is 0.270 e. The Balaban J connectivity index is 1.21. The summed E-state index contributed by atoms with van der Waals surface area (Å²) in [4.78, 5) is 22.6. The molecule has 2 aliphatic rings. The molecule has 0 radical (unpaired) electrons. The van der Waals surface area contributed by atoms with Crippen LogP contribution in [0.1, 0.15) is 22.5 Å². The number of para-hydroxylation sites is 2. The largest absolute Gasteiger partial charge is 0.396 e. The average molecular weight is 522 g/mol. The maximum absolute atomic E-state index is 13.6. The van der Waals surface area contributed by atoms with Gasteiger partial charge in [0.25, 0.3) is 5.91 Å². The molecule has 196 valence electrons. The van der Waals surface area contributed by atoms with Crippen molar-refractivity contribution >= 4 is 28.9 Å². The van der Waals surface area contributed by atoms with Crippen LogP contribution in [-0.2, 0) is 13.1 Å². The molecule has 8 heteroatoms. The molecule has 5 rings (SSSR count). The molecular weight excluding hydrogens is 486 g/mol. The lowest BCUT2D eigenvalue weighted by atomic mass is 10.2. The minimum Gasteiger partial charge on any atom is -0.396 e. The number of piperazine rings is 2. The zero-order valence-corrected chi connectivity index (χ0v) is 22.1. The van der Waals surface area contributed by atoms with E-state index < -0.39 is 0 Å². The number of aryl methyl sites for hydroxylation is 1. The van der Waals surface area contributed by atoms with Gasteiger partial charge in [0.1, 0.15) is 5.69 Å². The topological polar surface area (TPSA) is 55.2 Å². The molecule has 3 aromatic rings. The van der Waals surface area contributed by atoms with E-state index in [9.17, 15) is 9.90 Å². The van der Waals surface area contributed by atoms with Crippen LogP contribution in [0.25, 0.3) is 0 Å². The molecule has 3 heterocycles. The molecule has 1 N–H and O–H groups in total. The van der Waals surface area contributed by atoms with Crippen molar-refractivity contribution in [1.82, 2.24) is 14.4 Å². The van der Waals surface area contributed by atoms with Crippen LogP contribution < -0.4 is 9.80 Å². The predicted octanol–water partition coefficient (Wildman–Crippen LogP) is 3.81. The Labute approximate surface area is 224 Å². The van der Waals surface area contributed by atoms with Gasteiger partial charge in [0.05, 0.1) is 10.7 Å². The maximum Gasteiger partial charge on any atom is 0.270 e. The summed E-state index contributed by atoms with van der Waals surface area (Å²) in [7, 11) is 0. The summed E-state index contributed by atoms with van der Waals surface area (Å²) in [6, 6.07) is 20.5. The highest BCUT2D eigenvalue weighted by molar-refractivity contribution is 6.33. The average Bonchev–Trinajstić information content (AvgIpc) is 3.35. The monoisotopic (exact) mass is 521 g/mol. The molecule has 0 unspecified atom stereocenters. The standard InChI is InChI=1S/C29H36ClN5O2/c30-26-9-4-5-10-27(26)33-14-12-31(13-15-33)22-24-21-28(35(23-24)11-6-20-36)29(37)34-18-16-32(17-19-34)25-7-2-1-3-8-25/h1-5,7-10,21,23,36H,6,11-20,22H2. The zero-order chi connectivity index (χ0) is 25.6. The van der Waals surface area contributed by atoms with Gasteiger partial charge in [0, 0.05) is 83.9 Å². The lowest BCUT2D eigenvalue weighted by Gasteiger charge is -2.36. The third kappa shape index (κ3) is 6.12. The molecule has 0 atom stereocenters. The van der Waals surface area contributed by atoms with Crippen molar-refractivity contribution in [2.24, 2.45) is 0 Å². The van der Waals surface area contributed by atoms with Crippen LogP contribution in [0, 0.1) is 0 Å².